The summed E-state index contributed by atoms with van der Waals surface area (Å²) in [6.07, 6.45) is 0.592. The molecule has 0 bridgehead atoms. The van der Waals surface area contributed by atoms with E-state index in [0.29, 0.717) is 59.7 Å². The minimum Gasteiger partial charge on any atom is -0.490 e. The fourth-order valence-electron chi connectivity index (χ4n) is 2.58. The van der Waals surface area contributed by atoms with Crippen LogP contribution in [0.4, 0.5) is 0 Å². The van der Waals surface area contributed by atoms with Gasteiger partial charge in [0.25, 0.3) is 5.91 Å². The van der Waals surface area contributed by atoms with Crippen molar-refractivity contribution in [3.05, 3.63) is 28.3 Å². The Balaban J connectivity index is 2.36. The van der Waals surface area contributed by atoms with E-state index in [4.69, 9.17) is 18.9 Å². The van der Waals surface area contributed by atoms with Crippen molar-refractivity contribution in [1.82, 2.24) is 5.32 Å². The standard InChI is InChI=1S/C19H25NO6S/c1-5-24-14-10-12(11-15(25-6-2)16(14)26-7-3)18(21)20-13-8-9-27-17(13)19(22)23-4/h10-11H,5-9H2,1-4H3,(H,20,21). The number of benzene rings is 1. The van der Waals surface area contributed by atoms with E-state index in [1.165, 1.54) is 18.9 Å². The topological polar surface area (TPSA) is 83.1 Å². The number of carbonyl (C=O) groups excluding carboxylic acids is 2. The number of rotatable bonds is 9. The van der Waals surface area contributed by atoms with Gasteiger partial charge in [-0.2, -0.15) is 0 Å². The predicted octanol–water partition coefficient (Wildman–Crippen LogP) is 3.13. The SMILES string of the molecule is CCOc1cc(C(=O)NC2=C(C(=O)OC)SCC2)cc(OCC)c1OCC. The summed E-state index contributed by atoms with van der Waals surface area (Å²) in [4.78, 5) is 25.0. The van der Waals surface area contributed by atoms with E-state index in [9.17, 15) is 9.59 Å². The van der Waals surface area contributed by atoms with Crippen LogP contribution in [0.3, 0.4) is 0 Å². The summed E-state index contributed by atoms with van der Waals surface area (Å²) in [5, 5.41) is 2.82. The number of thioether (sulfide) groups is 1. The smallest absolute Gasteiger partial charge is 0.346 e. The van der Waals surface area contributed by atoms with E-state index < -0.39 is 5.97 Å². The first-order valence-corrected chi connectivity index (χ1v) is 9.86. The van der Waals surface area contributed by atoms with Gasteiger partial charge in [0.15, 0.2) is 11.5 Å². The third-order valence-electron chi connectivity index (χ3n) is 3.68. The zero-order chi connectivity index (χ0) is 19.8. The summed E-state index contributed by atoms with van der Waals surface area (Å²) in [6.45, 7) is 6.86. The fraction of sp³-hybridized carbons (Fsp3) is 0.474. The van der Waals surface area contributed by atoms with Gasteiger partial charge in [-0.15, -0.1) is 11.8 Å². The Hall–Kier alpha value is -2.35. The molecule has 0 spiro atoms. The van der Waals surface area contributed by atoms with Crippen molar-refractivity contribution in [2.24, 2.45) is 0 Å². The molecule has 2 rings (SSSR count). The van der Waals surface area contributed by atoms with Crippen LogP contribution in [0.15, 0.2) is 22.7 Å². The van der Waals surface area contributed by atoms with E-state index in [1.807, 2.05) is 20.8 Å². The number of nitrogens with one attached hydrogen (secondary N) is 1. The van der Waals surface area contributed by atoms with Crippen molar-refractivity contribution in [3.63, 3.8) is 0 Å². The molecule has 148 valence electrons. The Morgan fingerprint density at radius 1 is 1.04 bits per heavy atom. The lowest BCUT2D eigenvalue weighted by atomic mass is 10.1. The van der Waals surface area contributed by atoms with Crippen LogP contribution < -0.4 is 19.5 Å². The monoisotopic (exact) mass is 395 g/mol. The average molecular weight is 395 g/mol. The summed E-state index contributed by atoms with van der Waals surface area (Å²) < 4.78 is 21.7. The molecular formula is C19H25NO6S. The first-order valence-electron chi connectivity index (χ1n) is 8.87. The van der Waals surface area contributed by atoms with Gasteiger partial charge >= 0.3 is 5.97 Å². The van der Waals surface area contributed by atoms with Gasteiger partial charge in [0.05, 0.1) is 26.9 Å². The first kappa shape index (κ1) is 21.0. The maximum Gasteiger partial charge on any atom is 0.346 e. The van der Waals surface area contributed by atoms with Gasteiger partial charge in [-0.25, -0.2) is 4.79 Å². The molecule has 0 radical (unpaired) electrons. The Morgan fingerprint density at radius 3 is 2.15 bits per heavy atom. The summed E-state index contributed by atoms with van der Waals surface area (Å²) >= 11 is 1.37. The van der Waals surface area contributed by atoms with Gasteiger partial charge in [0.1, 0.15) is 4.91 Å². The lowest BCUT2D eigenvalue weighted by Gasteiger charge is -2.17. The molecule has 0 fully saturated rings. The lowest BCUT2D eigenvalue weighted by molar-refractivity contribution is -0.135. The van der Waals surface area contributed by atoms with Crippen molar-refractivity contribution < 1.29 is 28.5 Å². The minimum atomic E-state index is -0.440. The van der Waals surface area contributed by atoms with E-state index in [0.717, 1.165) is 5.75 Å². The third-order valence-corrected chi connectivity index (χ3v) is 4.79. The van der Waals surface area contributed by atoms with E-state index in [-0.39, 0.29) is 5.91 Å². The normalized spacial score (nSPS) is 13.3. The summed E-state index contributed by atoms with van der Waals surface area (Å²) in [5.41, 5.74) is 0.931. The fourth-order valence-corrected chi connectivity index (χ4v) is 3.62. The highest BCUT2D eigenvalue weighted by atomic mass is 32.2. The van der Waals surface area contributed by atoms with Crippen LogP contribution in [0, 0.1) is 0 Å². The van der Waals surface area contributed by atoms with Crippen LogP contribution in [0.5, 0.6) is 17.2 Å². The quantitative estimate of drug-likeness (QED) is 0.643. The molecule has 1 aromatic carbocycles. The van der Waals surface area contributed by atoms with E-state index in [2.05, 4.69) is 5.32 Å². The summed E-state index contributed by atoms with van der Waals surface area (Å²) in [5.74, 6) is 1.29. The Morgan fingerprint density at radius 2 is 1.63 bits per heavy atom. The summed E-state index contributed by atoms with van der Waals surface area (Å²) in [6, 6.07) is 3.24. The molecular weight excluding hydrogens is 370 g/mol. The van der Waals surface area contributed by atoms with Crippen LogP contribution in [-0.4, -0.2) is 44.6 Å². The molecule has 1 heterocycles. The van der Waals surface area contributed by atoms with E-state index in [1.54, 1.807) is 12.1 Å². The van der Waals surface area contributed by atoms with Gasteiger partial charge in [-0.3, -0.25) is 4.79 Å². The number of carbonyl (C=O) groups is 2. The minimum absolute atomic E-state index is 0.348. The Bertz CT molecular complexity index is 704. The maximum atomic E-state index is 12.8. The molecule has 0 unspecified atom stereocenters. The molecule has 1 amide bonds. The molecule has 0 atom stereocenters. The van der Waals surface area contributed by atoms with Crippen LogP contribution in [0.25, 0.3) is 0 Å². The lowest BCUT2D eigenvalue weighted by Crippen LogP contribution is -2.24. The number of esters is 1. The third kappa shape index (κ3) is 5.09. The van der Waals surface area contributed by atoms with Crippen LogP contribution in [0.2, 0.25) is 0 Å². The van der Waals surface area contributed by atoms with Crippen molar-refractivity contribution in [1.29, 1.82) is 0 Å². The van der Waals surface area contributed by atoms with Gasteiger partial charge in [-0.1, -0.05) is 0 Å². The molecule has 7 nitrogen and oxygen atoms in total. The second kappa shape index (κ2) is 10.1. The highest BCUT2D eigenvalue weighted by Crippen LogP contribution is 2.39. The average Bonchev–Trinajstić information content (AvgIpc) is 3.11. The molecule has 1 aliphatic heterocycles. The van der Waals surface area contributed by atoms with Crippen LogP contribution >= 0.6 is 11.8 Å². The molecule has 1 N–H and O–H groups in total. The maximum absolute atomic E-state index is 12.8. The number of ether oxygens (including phenoxy) is 4. The number of methoxy groups -OCH3 is 1. The zero-order valence-corrected chi connectivity index (χ0v) is 16.9. The Labute approximate surface area is 163 Å². The molecule has 0 saturated heterocycles. The highest BCUT2D eigenvalue weighted by Gasteiger charge is 2.25. The Kier molecular flexibility index (Phi) is 7.84. The second-order valence-corrected chi connectivity index (χ2v) is 6.56. The van der Waals surface area contributed by atoms with Gasteiger partial charge in [0, 0.05) is 17.0 Å². The predicted molar refractivity (Wildman–Crippen MR) is 104 cm³/mol. The number of hydrogen-bond acceptors (Lipinski definition) is 7. The molecule has 1 aliphatic rings. The number of amides is 1. The second-order valence-electron chi connectivity index (χ2n) is 5.45. The van der Waals surface area contributed by atoms with Crippen molar-refractivity contribution in [3.8, 4) is 17.2 Å². The zero-order valence-electron chi connectivity index (χ0n) is 16.0. The molecule has 27 heavy (non-hydrogen) atoms. The molecule has 0 aromatic heterocycles. The highest BCUT2D eigenvalue weighted by molar-refractivity contribution is 8.04. The summed E-state index contributed by atoms with van der Waals surface area (Å²) in [7, 11) is 1.32. The van der Waals surface area contributed by atoms with Crippen molar-refractivity contribution in [2.45, 2.75) is 27.2 Å². The molecule has 8 heteroatoms. The first-order chi connectivity index (χ1) is 13.0. The van der Waals surface area contributed by atoms with Crippen LogP contribution in [-0.2, 0) is 9.53 Å². The molecule has 0 saturated carbocycles. The molecule has 1 aromatic rings. The van der Waals surface area contributed by atoms with E-state index >= 15 is 0 Å². The van der Waals surface area contributed by atoms with Crippen LogP contribution in [0.1, 0.15) is 37.6 Å². The molecule has 0 aliphatic carbocycles. The van der Waals surface area contributed by atoms with Gasteiger partial charge in [-0.05, 0) is 39.3 Å². The van der Waals surface area contributed by atoms with Crippen molar-refractivity contribution in [2.75, 3.05) is 32.7 Å². The van der Waals surface area contributed by atoms with Gasteiger partial charge in [0.2, 0.25) is 5.75 Å². The number of allylic oxidation sites excluding steroid dienone is 1. The van der Waals surface area contributed by atoms with Crippen molar-refractivity contribution >= 4 is 23.6 Å². The van der Waals surface area contributed by atoms with Gasteiger partial charge < -0.3 is 24.3 Å². The largest absolute Gasteiger partial charge is 0.490 e. The number of hydrogen-bond donors (Lipinski definition) is 1.